The average molecular weight is 398 g/mol. The third-order valence-corrected chi connectivity index (χ3v) is 4.76. The summed E-state index contributed by atoms with van der Waals surface area (Å²) in [6.45, 7) is 3.16. The highest BCUT2D eigenvalue weighted by Crippen LogP contribution is 2.27. The Kier molecular flexibility index (Phi) is 5.41. The molecule has 2 aromatic carbocycles. The van der Waals surface area contributed by atoms with Crippen LogP contribution in [0.1, 0.15) is 0 Å². The predicted octanol–water partition coefficient (Wildman–Crippen LogP) is 3.88. The van der Waals surface area contributed by atoms with Crippen molar-refractivity contribution in [2.75, 3.05) is 43.1 Å². The van der Waals surface area contributed by atoms with Gasteiger partial charge >= 0.3 is 0 Å². The normalized spacial score (nSPS) is 14.0. The molecule has 0 aliphatic carbocycles. The van der Waals surface area contributed by atoms with Crippen LogP contribution in [0.3, 0.4) is 0 Å². The molecule has 1 aromatic heterocycles. The molecular weight excluding hydrogens is 378 g/mol. The van der Waals surface area contributed by atoms with Gasteiger partial charge < -0.3 is 19.3 Å². The minimum absolute atomic E-state index is 0.0844. The molecule has 0 radical (unpaired) electrons. The highest BCUT2D eigenvalue weighted by Gasteiger charge is 2.19. The Hall–Kier alpha value is -3.42. The molecule has 1 aliphatic heterocycles. The van der Waals surface area contributed by atoms with E-state index >= 15 is 0 Å². The molecule has 1 aliphatic rings. The number of ether oxygens (including phenoxy) is 2. The van der Waals surface area contributed by atoms with Gasteiger partial charge in [-0.15, -0.1) is 0 Å². The van der Waals surface area contributed by atoms with Crippen molar-refractivity contribution in [1.29, 1.82) is 0 Å². The predicted molar refractivity (Wildman–Crippen MR) is 106 cm³/mol. The fourth-order valence-electron chi connectivity index (χ4n) is 3.23. The Morgan fingerprint density at radius 3 is 2.45 bits per heavy atom. The first kappa shape index (κ1) is 18.9. The second-order valence-electron chi connectivity index (χ2n) is 6.57. The molecule has 0 N–H and O–H groups in total. The van der Waals surface area contributed by atoms with Gasteiger partial charge in [-0.2, -0.15) is 0 Å². The molecule has 0 bridgehead atoms. The van der Waals surface area contributed by atoms with Crippen LogP contribution in [0.15, 0.2) is 54.9 Å². The van der Waals surface area contributed by atoms with E-state index in [-0.39, 0.29) is 11.6 Å². The number of anilines is 2. The summed E-state index contributed by atoms with van der Waals surface area (Å²) in [4.78, 5) is 12.7. The molecule has 1 saturated heterocycles. The number of piperazine rings is 1. The molecule has 8 heteroatoms. The Bertz CT molecular complexity index is 994. The lowest BCUT2D eigenvalue weighted by molar-refractivity contribution is 0.414. The molecule has 1 fully saturated rings. The molecule has 0 saturated carbocycles. The maximum absolute atomic E-state index is 13.8. The zero-order valence-electron chi connectivity index (χ0n) is 15.9. The summed E-state index contributed by atoms with van der Waals surface area (Å²) >= 11 is 0. The number of hydrogen-bond acceptors (Lipinski definition) is 6. The van der Waals surface area contributed by atoms with Crippen molar-refractivity contribution in [3.63, 3.8) is 0 Å². The zero-order valence-corrected chi connectivity index (χ0v) is 15.9. The molecule has 2 heterocycles. The number of methoxy groups -OCH3 is 1. The Morgan fingerprint density at radius 1 is 0.897 bits per heavy atom. The average Bonchev–Trinajstić information content (AvgIpc) is 2.76. The van der Waals surface area contributed by atoms with E-state index in [4.69, 9.17) is 9.47 Å². The molecule has 150 valence electrons. The maximum atomic E-state index is 13.8. The minimum atomic E-state index is -0.780. The first-order chi connectivity index (χ1) is 14.1. The van der Waals surface area contributed by atoms with Crippen LogP contribution in [0.4, 0.5) is 20.3 Å². The van der Waals surface area contributed by atoms with Crippen LogP contribution in [-0.2, 0) is 0 Å². The Labute approximate surface area is 167 Å². The molecule has 6 nitrogen and oxygen atoms in total. The molecule has 4 rings (SSSR count). The van der Waals surface area contributed by atoms with Crippen LogP contribution < -0.4 is 19.3 Å². The number of hydrogen-bond donors (Lipinski definition) is 0. The van der Waals surface area contributed by atoms with Crippen molar-refractivity contribution < 1.29 is 18.3 Å². The van der Waals surface area contributed by atoms with Gasteiger partial charge in [-0.05, 0) is 24.3 Å². The number of rotatable bonds is 5. The lowest BCUT2D eigenvalue weighted by atomic mass is 10.2. The van der Waals surface area contributed by atoms with Gasteiger partial charge in [0, 0.05) is 50.1 Å². The summed E-state index contributed by atoms with van der Waals surface area (Å²) in [6.07, 6.45) is 1.38. The highest BCUT2D eigenvalue weighted by atomic mass is 19.1. The van der Waals surface area contributed by atoms with Crippen molar-refractivity contribution in [3.05, 3.63) is 66.5 Å². The number of aromatic nitrogens is 2. The Morgan fingerprint density at radius 2 is 1.69 bits per heavy atom. The lowest BCUT2D eigenvalue weighted by Gasteiger charge is -2.36. The largest absolute Gasteiger partial charge is 0.497 e. The summed E-state index contributed by atoms with van der Waals surface area (Å²) in [5, 5.41) is 0. The van der Waals surface area contributed by atoms with Crippen molar-refractivity contribution in [1.82, 2.24) is 9.97 Å². The highest BCUT2D eigenvalue weighted by molar-refractivity contribution is 5.53. The summed E-state index contributed by atoms with van der Waals surface area (Å²) in [6, 6.07) is 12.8. The van der Waals surface area contributed by atoms with E-state index in [1.807, 2.05) is 18.2 Å². The van der Waals surface area contributed by atoms with Crippen LogP contribution in [0.25, 0.3) is 0 Å². The van der Waals surface area contributed by atoms with Crippen molar-refractivity contribution >= 4 is 11.5 Å². The zero-order chi connectivity index (χ0) is 20.2. The van der Waals surface area contributed by atoms with Gasteiger partial charge in [0.05, 0.1) is 7.11 Å². The van der Waals surface area contributed by atoms with Gasteiger partial charge in [0.25, 0.3) is 0 Å². The Balaban J connectivity index is 1.43. The fraction of sp³-hybridized carbons (Fsp3) is 0.238. The van der Waals surface area contributed by atoms with Crippen LogP contribution in [-0.4, -0.2) is 43.3 Å². The summed E-state index contributed by atoms with van der Waals surface area (Å²) in [5.41, 5.74) is 1.11. The fourth-order valence-corrected chi connectivity index (χ4v) is 3.23. The van der Waals surface area contributed by atoms with E-state index in [0.717, 1.165) is 49.7 Å². The number of halogens is 2. The van der Waals surface area contributed by atoms with E-state index in [1.54, 1.807) is 13.2 Å². The monoisotopic (exact) mass is 398 g/mol. The van der Waals surface area contributed by atoms with E-state index in [2.05, 4.69) is 25.8 Å². The van der Waals surface area contributed by atoms with Crippen LogP contribution in [0, 0.1) is 11.6 Å². The lowest BCUT2D eigenvalue weighted by Crippen LogP contribution is -2.46. The third-order valence-electron chi connectivity index (χ3n) is 4.76. The second-order valence-corrected chi connectivity index (χ2v) is 6.57. The second kappa shape index (κ2) is 8.30. The topological polar surface area (TPSA) is 50.7 Å². The van der Waals surface area contributed by atoms with E-state index in [1.165, 1.54) is 12.4 Å². The minimum Gasteiger partial charge on any atom is -0.497 e. The van der Waals surface area contributed by atoms with Gasteiger partial charge in [0.2, 0.25) is 5.88 Å². The molecule has 29 heavy (non-hydrogen) atoms. The molecular formula is C21H20F2N4O2. The molecule has 0 spiro atoms. The van der Waals surface area contributed by atoms with Crippen molar-refractivity contribution in [2.24, 2.45) is 0 Å². The number of nitrogens with zero attached hydrogens (tertiary/aromatic N) is 4. The third kappa shape index (κ3) is 4.37. The van der Waals surface area contributed by atoms with Gasteiger partial charge in [-0.25, -0.2) is 18.7 Å². The van der Waals surface area contributed by atoms with Crippen LogP contribution >= 0.6 is 0 Å². The van der Waals surface area contributed by atoms with Gasteiger partial charge in [-0.1, -0.05) is 6.07 Å². The summed E-state index contributed by atoms with van der Waals surface area (Å²) in [7, 11) is 1.66. The molecule has 0 amide bonds. The van der Waals surface area contributed by atoms with Crippen LogP contribution in [0.2, 0.25) is 0 Å². The van der Waals surface area contributed by atoms with Crippen molar-refractivity contribution in [2.45, 2.75) is 0 Å². The quantitative estimate of drug-likeness (QED) is 0.650. The SMILES string of the molecule is COc1cccc(N2CCN(c3cc(Oc4ccc(F)cc4F)ncn3)CC2)c1. The molecule has 0 atom stereocenters. The van der Waals surface area contributed by atoms with E-state index in [9.17, 15) is 8.78 Å². The van der Waals surface area contributed by atoms with Crippen molar-refractivity contribution in [3.8, 4) is 17.4 Å². The summed E-state index contributed by atoms with van der Waals surface area (Å²) < 4.78 is 37.6. The van der Waals surface area contributed by atoms with Gasteiger partial charge in [0.15, 0.2) is 11.6 Å². The number of benzene rings is 2. The van der Waals surface area contributed by atoms with E-state index < -0.39 is 11.6 Å². The molecule has 3 aromatic rings. The standard InChI is InChI=1S/C21H20F2N4O2/c1-28-17-4-2-3-16(12-17)26-7-9-27(10-8-26)20-13-21(25-14-24-20)29-19-6-5-15(22)11-18(19)23/h2-6,11-14H,7-10H2,1H3. The van der Waals surface area contributed by atoms with E-state index in [0.29, 0.717) is 5.82 Å². The molecule has 0 unspecified atom stereocenters. The van der Waals surface area contributed by atoms with Gasteiger partial charge in [0.1, 0.15) is 23.7 Å². The smallest absolute Gasteiger partial charge is 0.224 e. The first-order valence-electron chi connectivity index (χ1n) is 9.21. The maximum Gasteiger partial charge on any atom is 0.224 e. The first-order valence-corrected chi connectivity index (χ1v) is 9.21. The van der Waals surface area contributed by atoms with Crippen LogP contribution in [0.5, 0.6) is 17.4 Å². The van der Waals surface area contributed by atoms with Gasteiger partial charge in [-0.3, -0.25) is 0 Å². The summed E-state index contributed by atoms with van der Waals surface area (Å²) in [5.74, 6) is 0.206.